The van der Waals surface area contributed by atoms with E-state index in [1.54, 1.807) is 4.90 Å². The van der Waals surface area contributed by atoms with Gasteiger partial charge in [0, 0.05) is 5.02 Å². The zero-order valence-electron chi connectivity index (χ0n) is 16.0. The fourth-order valence-electron chi connectivity index (χ4n) is 3.00. The molecule has 30 heavy (non-hydrogen) atoms. The van der Waals surface area contributed by atoms with Crippen LogP contribution >= 0.6 is 35.6 Å². The summed E-state index contributed by atoms with van der Waals surface area (Å²) in [4.78, 5) is 15.1. The summed E-state index contributed by atoms with van der Waals surface area (Å²) in [5, 5.41) is 0.699. The molecule has 1 amide bonds. The van der Waals surface area contributed by atoms with Gasteiger partial charge in [0.1, 0.15) is 16.7 Å². The van der Waals surface area contributed by atoms with E-state index < -0.39 is 0 Å². The molecule has 0 spiro atoms. The molecule has 6 heteroatoms. The minimum atomic E-state index is -0.0682. The molecular formula is C24H18ClNO2S2. The molecule has 0 radical (unpaired) electrons. The molecule has 0 bridgehead atoms. The predicted octanol–water partition coefficient (Wildman–Crippen LogP) is 6.32. The average Bonchev–Trinajstić information content (AvgIpc) is 3.02. The van der Waals surface area contributed by atoms with Crippen molar-refractivity contribution in [2.75, 3.05) is 0 Å². The number of thiocarbonyl (C=S) groups is 1. The molecule has 0 aliphatic carbocycles. The molecule has 1 aliphatic rings. The number of thioether (sulfide) groups is 1. The van der Waals surface area contributed by atoms with Gasteiger partial charge in [-0.2, -0.15) is 0 Å². The van der Waals surface area contributed by atoms with E-state index in [4.69, 9.17) is 28.6 Å². The monoisotopic (exact) mass is 451 g/mol. The van der Waals surface area contributed by atoms with Crippen molar-refractivity contribution in [1.82, 2.24) is 4.90 Å². The minimum absolute atomic E-state index is 0.0682. The van der Waals surface area contributed by atoms with Crippen molar-refractivity contribution in [3.05, 3.63) is 105 Å². The SMILES string of the molecule is O=C1/C(=C\c2cccc(OCc3ccc(Cl)cc3)c2)SC(=S)N1Cc1ccccc1. The maximum Gasteiger partial charge on any atom is 0.266 e. The Morgan fingerprint density at radius 2 is 1.73 bits per heavy atom. The van der Waals surface area contributed by atoms with Crippen LogP contribution in [-0.2, 0) is 17.9 Å². The molecule has 0 unspecified atom stereocenters. The van der Waals surface area contributed by atoms with Crippen LogP contribution < -0.4 is 4.74 Å². The van der Waals surface area contributed by atoms with Crippen molar-refractivity contribution in [2.24, 2.45) is 0 Å². The van der Waals surface area contributed by atoms with Crippen LogP contribution in [0.2, 0.25) is 5.02 Å². The standard InChI is InChI=1S/C24H18ClNO2S2/c25-20-11-9-18(10-12-20)16-28-21-8-4-7-19(13-21)14-22-23(27)26(24(29)30-22)15-17-5-2-1-3-6-17/h1-14H,15-16H2/b22-14+. The van der Waals surface area contributed by atoms with Gasteiger partial charge in [-0.25, -0.2) is 0 Å². The van der Waals surface area contributed by atoms with Crippen LogP contribution in [0.3, 0.4) is 0 Å². The molecule has 0 saturated carbocycles. The summed E-state index contributed by atoms with van der Waals surface area (Å²) in [6.45, 7) is 0.924. The van der Waals surface area contributed by atoms with Crippen molar-refractivity contribution in [3.63, 3.8) is 0 Å². The van der Waals surface area contributed by atoms with Crippen LogP contribution in [0.4, 0.5) is 0 Å². The lowest BCUT2D eigenvalue weighted by atomic mass is 10.2. The summed E-state index contributed by atoms with van der Waals surface area (Å²) in [6.07, 6.45) is 1.86. The van der Waals surface area contributed by atoms with Gasteiger partial charge < -0.3 is 4.74 Å². The van der Waals surface area contributed by atoms with Crippen LogP contribution in [0, 0.1) is 0 Å². The Balaban J connectivity index is 1.45. The summed E-state index contributed by atoms with van der Waals surface area (Å²) in [6, 6.07) is 25.1. The van der Waals surface area contributed by atoms with Crippen molar-refractivity contribution in [1.29, 1.82) is 0 Å². The molecule has 0 aromatic heterocycles. The first kappa shape index (κ1) is 20.7. The molecule has 1 aliphatic heterocycles. The second-order valence-corrected chi connectivity index (χ2v) is 8.85. The number of halogens is 1. The maximum absolute atomic E-state index is 12.9. The Kier molecular flexibility index (Phi) is 6.53. The Hall–Kier alpha value is -2.60. The first-order chi connectivity index (χ1) is 14.6. The summed E-state index contributed by atoms with van der Waals surface area (Å²) in [5.74, 6) is 0.666. The number of amides is 1. The van der Waals surface area contributed by atoms with E-state index >= 15 is 0 Å². The molecule has 1 fully saturated rings. The average molecular weight is 452 g/mol. The Morgan fingerprint density at radius 1 is 0.967 bits per heavy atom. The van der Waals surface area contributed by atoms with Crippen LogP contribution in [0.5, 0.6) is 5.75 Å². The molecule has 4 rings (SSSR count). The third-order valence-corrected chi connectivity index (χ3v) is 6.16. The highest BCUT2D eigenvalue weighted by molar-refractivity contribution is 8.26. The summed E-state index contributed by atoms with van der Waals surface area (Å²) in [7, 11) is 0. The lowest BCUT2D eigenvalue weighted by Gasteiger charge is -2.14. The number of ether oxygens (including phenoxy) is 1. The largest absolute Gasteiger partial charge is 0.489 e. The van der Waals surface area contributed by atoms with E-state index in [0.717, 1.165) is 22.4 Å². The second kappa shape index (κ2) is 9.47. The Morgan fingerprint density at radius 3 is 2.50 bits per heavy atom. The van der Waals surface area contributed by atoms with E-state index in [0.29, 0.717) is 27.4 Å². The van der Waals surface area contributed by atoms with Gasteiger partial charge in [0.15, 0.2) is 0 Å². The number of carbonyl (C=O) groups is 1. The molecule has 3 nitrogen and oxygen atoms in total. The van der Waals surface area contributed by atoms with Crippen molar-refractivity contribution >= 4 is 51.9 Å². The van der Waals surface area contributed by atoms with E-state index in [9.17, 15) is 4.79 Å². The van der Waals surface area contributed by atoms with E-state index in [1.165, 1.54) is 11.8 Å². The molecule has 1 saturated heterocycles. The van der Waals surface area contributed by atoms with Gasteiger partial charge >= 0.3 is 0 Å². The van der Waals surface area contributed by atoms with Gasteiger partial charge in [-0.05, 0) is 47.0 Å². The minimum Gasteiger partial charge on any atom is -0.489 e. The lowest BCUT2D eigenvalue weighted by molar-refractivity contribution is -0.122. The van der Waals surface area contributed by atoms with Gasteiger partial charge in [-0.1, -0.05) is 90.2 Å². The van der Waals surface area contributed by atoms with Crippen LogP contribution in [0.15, 0.2) is 83.8 Å². The number of carbonyl (C=O) groups excluding carboxylic acids is 1. The van der Waals surface area contributed by atoms with Crippen molar-refractivity contribution < 1.29 is 9.53 Å². The highest BCUT2D eigenvalue weighted by atomic mass is 35.5. The highest BCUT2D eigenvalue weighted by Gasteiger charge is 2.31. The summed E-state index contributed by atoms with van der Waals surface area (Å²) >= 11 is 12.7. The number of rotatable bonds is 6. The predicted molar refractivity (Wildman–Crippen MR) is 127 cm³/mol. The fourth-order valence-corrected chi connectivity index (χ4v) is 4.38. The van der Waals surface area contributed by atoms with E-state index in [-0.39, 0.29) is 5.91 Å². The Bertz CT molecular complexity index is 1100. The normalized spacial score (nSPS) is 15.1. The number of benzene rings is 3. The lowest BCUT2D eigenvalue weighted by Crippen LogP contribution is -2.27. The third-order valence-electron chi connectivity index (χ3n) is 4.53. The molecule has 150 valence electrons. The smallest absolute Gasteiger partial charge is 0.266 e. The zero-order chi connectivity index (χ0) is 20.9. The summed E-state index contributed by atoms with van der Waals surface area (Å²) < 4.78 is 6.46. The van der Waals surface area contributed by atoms with Gasteiger partial charge in [-0.3, -0.25) is 9.69 Å². The van der Waals surface area contributed by atoms with Crippen molar-refractivity contribution in [2.45, 2.75) is 13.2 Å². The van der Waals surface area contributed by atoms with Crippen molar-refractivity contribution in [3.8, 4) is 5.75 Å². The number of hydrogen-bond donors (Lipinski definition) is 0. The first-order valence-electron chi connectivity index (χ1n) is 9.35. The number of hydrogen-bond acceptors (Lipinski definition) is 4. The molecule has 0 atom stereocenters. The van der Waals surface area contributed by atoms with Crippen LogP contribution in [0.1, 0.15) is 16.7 Å². The molecule has 0 N–H and O–H groups in total. The Labute approximate surface area is 190 Å². The molecular weight excluding hydrogens is 434 g/mol. The van der Waals surface area contributed by atoms with E-state index in [2.05, 4.69) is 0 Å². The van der Waals surface area contributed by atoms with Crippen LogP contribution in [0.25, 0.3) is 6.08 Å². The van der Waals surface area contributed by atoms with E-state index in [1.807, 2.05) is 84.9 Å². The maximum atomic E-state index is 12.9. The third kappa shape index (κ3) is 5.11. The highest BCUT2D eigenvalue weighted by Crippen LogP contribution is 2.34. The topological polar surface area (TPSA) is 29.5 Å². The molecule has 1 heterocycles. The fraction of sp³-hybridized carbons (Fsp3) is 0.0833. The number of nitrogens with zero attached hydrogens (tertiary/aromatic N) is 1. The van der Waals surface area contributed by atoms with Gasteiger partial charge in [0.2, 0.25) is 0 Å². The van der Waals surface area contributed by atoms with Gasteiger partial charge in [0.25, 0.3) is 5.91 Å². The second-order valence-electron chi connectivity index (χ2n) is 6.74. The molecule has 3 aromatic carbocycles. The molecule has 3 aromatic rings. The zero-order valence-corrected chi connectivity index (χ0v) is 18.3. The first-order valence-corrected chi connectivity index (χ1v) is 11.0. The van der Waals surface area contributed by atoms with Crippen LogP contribution in [-0.4, -0.2) is 15.1 Å². The van der Waals surface area contributed by atoms with Gasteiger partial charge in [-0.15, -0.1) is 0 Å². The quantitative estimate of drug-likeness (QED) is 0.324. The summed E-state index contributed by atoms with van der Waals surface area (Å²) in [5.41, 5.74) is 2.98. The van der Waals surface area contributed by atoms with Gasteiger partial charge in [0.05, 0.1) is 11.4 Å².